The van der Waals surface area contributed by atoms with Gasteiger partial charge in [-0.1, -0.05) is 29.8 Å². The molecule has 0 aliphatic carbocycles. The molecule has 0 amide bonds. The van der Waals surface area contributed by atoms with E-state index >= 15 is 0 Å². The van der Waals surface area contributed by atoms with Crippen LogP contribution in [0.3, 0.4) is 0 Å². The van der Waals surface area contributed by atoms with Crippen molar-refractivity contribution in [1.82, 2.24) is 0 Å². The number of ether oxygens (including phenoxy) is 2. The highest BCUT2D eigenvalue weighted by Crippen LogP contribution is 2.30. The maximum atomic E-state index is 12.4. The molecule has 0 unspecified atom stereocenters. The SMILES string of the molecule is CSC(CC(=O)c1ccc(C)cc1)=C1C(=O)OC(C)(C)OC1=O. The van der Waals surface area contributed by atoms with Crippen LogP contribution in [0.25, 0.3) is 0 Å². The largest absolute Gasteiger partial charge is 0.419 e. The van der Waals surface area contributed by atoms with E-state index in [1.54, 1.807) is 18.4 Å². The number of allylic oxidation sites excluding steroid dienone is 1. The highest BCUT2D eigenvalue weighted by molar-refractivity contribution is 8.02. The fourth-order valence-electron chi connectivity index (χ4n) is 2.13. The van der Waals surface area contributed by atoms with E-state index in [2.05, 4.69) is 0 Å². The Morgan fingerprint density at radius 2 is 1.61 bits per heavy atom. The second kappa shape index (κ2) is 6.58. The molecule has 0 bridgehead atoms. The Balaban J connectivity index is 2.28. The lowest BCUT2D eigenvalue weighted by Crippen LogP contribution is -2.42. The third-order valence-corrected chi connectivity index (χ3v) is 4.15. The van der Waals surface area contributed by atoms with Crippen LogP contribution in [0.5, 0.6) is 0 Å². The van der Waals surface area contributed by atoms with Crippen molar-refractivity contribution in [3.63, 3.8) is 0 Å². The van der Waals surface area contributed by atoms with Gasteiger partial charge in [0, 0.05) is 30.7 Å². The summed E-state index contributed by atoms with van der Waals surface area (Å²) in [5, 5.41) is 0. The molecule has 23 heavy (non-hydrogen) atoms. The van der Waals surface area contributed by atoms with Crippen LogP contribution in [-0.2, 0) is 19.1 Å². The Hall–Kier alpha value is -2.08. The van der Waals surface area contributed by atoms with Crippen LogP contribution in [0.2, 0.25) is 0 Å². The third kappa shape index (κ3) is 4.01. The van der Waals surface area contributed by atoms with Crippen LogP contribution >= 0.6 is 11.8 Å². The van der Waals surface area contributed by atoms with E-state index in [0.717, 1.165) is 5.56 Å². The summed E-state index contributed by atoms with van der Waals surface area (Å²) in [7, 11) is 0. The summed E-state index contributed by atoms with van der Waals surface area (Å²) >= 11 is 1.17. The van der Waals surface area contributed by atoms with E-state index in [4.69, 9.17) is 9.47 Å². The van der Waals surface area contributed by atoms with Crippen molar-refractivity contribution in [2.24, 2.45) is 0 Å². The van der Waals surface area contributed by atoms with Gasteiger partial charge in [0.15, 0.2) is 11.4 Å². The van der Waals surface area contributed by atoms with Crippen LogP contribution in [0.4, 0.5) is 0 Å². The van der Waals surface area contributed by atoms with Crippen molar-refractivity contribution in [3.05, 3.63) is 45.9 Å². The molecule has 0 saturated carbocycles. The first-order valence-corrected chi connectivity index (χ1v) is 8.29. The number of benzene rings is 1. The molecular formula is C17H18O5S. The summed E-state index contributed by atoms with van der Waals surface area (Å²) in [5.74, 6) is -2.98. The molecule has 1 aromatic carbocycles. The number of aryl methyl sites for hydroxylation is 1. The minimum absolute atomic E-state index is 0.0514. The molecule has 0 N–H and O–H groups in total. The predicted molar refractivity (Wildman–Crippen MR) is 86.9 cm³/mol. The number of esters is 2. The van der Waals surface area contributed by atoms with Crippen molar-refractivity contribution in [3.8, 4) is 0 Å². The molecule has 0 aromatic heterocycles. The van der Waals surface area contributed by atoms with Gasteiger partial charge in [-0.25, -0.2) is 9.59 Å². The normalized spacial score (nSPS) is 16.6. The summed E-state index contributed by atoms with van der Waals surface area (Å²) in [6.45, 7) is 4.89. The van der Waals surface area contributed by atoms with Gasteiger partial charge in [-0.05, 0) is 13.2 Å². The lowest BCUT2D eigenvalue weighted by molar-refractivity contribution is -0.222. The number of hydrogen-bond donors (Lipinski definition) is 0. The van der Waals surface area contributed by atoms with Crippen LogP contribution in [0.1, 0.15) is 36.2 Å². The van der Waals surface area contributed by atoms with Crippen molar-refractivity contribution >= 4 is 29.5 Å². The molecule has 2 rings (SSSR count). The summed E-state index contributed by atoms with van der Waals surface area (Å²) in [5.41, 5.74) is 1.38. The average Bonchev–Trinajstić information content (AvgIpc) is 2.44. The van der Waals surface area contributed by atoms with Gasteiger partial charge in [-0.3, -0.25) is 4.79 Å². The molecule has 1 aromatic rings. The zero-order chi connectivity index (χ0) is 17.2. The first-order chi connectivity index (χ1) is 10.7. The number of thioether (sulfide) groups is 1. The maximum absolute atomic E-state index is 12.4. The van der Waals surface area contributed by atoms with Crippen LogP contribution < -0.4 is 0 Å². The zero-order valence-corrected chi connectivity index (χ0v) is 14.3. The summed E-state index contributed by atoms with van der Waals surface area (Å²) in [6.07, 6.45) is 1.65. The van der Waals surface area contributed by atoms with Crippen LogP contribution in [-0.4, -0.2) is 29.8 Å². The first-order valence-electron chi connectivity index (χ1n) is 7.07. The number of cyclic esters (lactones) is 2. The molecule has 122 valence electrons. The molecule has 0 spiro atoms. The summed E-state index contributed by atoms with van der Waals surface area (Å²) < 4.78 is 10.2. The number of ketones is 1. The number of carbonyl (C=O) groups is 3. The molecule has 1 aliphatic heterocycles. The quantitative estimate of drug-likeness (QED) is 0.365. The monoisotopic (exact) mass is 334 g/mol. The Bertz CT molecular complexity index is 663. The van der Waals surface area contributed by atoms with E-state index in [9.17, 15) is 14.4 Å². The molecule has 1 saturated heterocycles. The maximum Gasteiger partial charge on any atom is 0.349 e. The van der Waals surface area contributed by atoms with Crippen LogP contribution in [0, 0.1) is 6.92 Å². The molecule has 0 atom stereocenters. The van der Waals surface area contributed by atoms with Gasteiger partial charge >= 0.3 is 11.9 Å². The number of rotatable bonds is 4. The number of carbonyl (C=O) groups excluding carboxylic acids is 3. The van der Waals surface area contributed by atoms with Gasteiger partial charge in [0.2, 0.25) is 0 Å². The molecule has 0 radical (unpaired) electrons. The van der Waals surface area contributed by atoms with E-state index in [0.29, 0.717) is 10.5 Å². The summed E-state index contributed by atoms with van der Waals surface area (Å²) in [4.78, 5) is 36.9. The molecule has 1 heterocycles. The van der Waals surface area contributed by atoms with Gasteiger partial charge in [-0.2, -0.15) is 0 Å². The zero-order valence-electron chi connectivity index (χ0n) is 13.5. The standard InChI is InChI=1S/C17H18O5S/c1-10-5-7-11(8-6-10)12(18)9-13(23-4)14-15(19)21-17(2,3)22-16(14)20/h5-8H,9H2,1-4H3. The average molecular weight is 334 g/mol. The second-order valence-corrected chi connectivity index (χ2v) is 6.55. The van der Waals surface area contributed by atoms with E-state index in [-0.39, 0.29) is 17.8 Å². The number of Topliss-reactive ketones (excluding diaryl/α,β-unsaturated/α-hetero) is 1. The third-order valence-electron chi connectivity index (χ3n) is 3.31. The fraction of sp³-hybridized carbons (Fsp3) is 0.353. The lowest BCUT2D eigenvalue weighted by Gasteiger charge is -2.30. The smallest absolute Gasteiger partial charge is 0.349 e. The van der Waals surface area contributed by atoms with E-state index < -0.39 is 17.7 Å². The minimum Gasteiger partial charge on any atom is -0.419 e. The van der Waals surface area contributed by atoms with Gasteiger partial charge in [0.25, 0.3) is 5.79 Å². The van der Waals surface area contributed by atoms with E-state index in [1.807, 2.05) is 19.1 Å². The second-order valence-electron chi connectivity index (χ2n) is 5.65. The summed E-state index contributed by atoms with van der Waals surface area (Å²) in [6, 6.07) is 7.12. The van der Waals surface area contributed by atoms with Crippen molar-refractivity contribution in [2.75, 3.05) is 6.26 Å². The minimum atomic E-state index is -1.29. The predicted octanol–water partition coefficient (Wildman–Crippen LogP) is 3.02. The molecule has 1 fully saturated rings. The van der Waals surface area contributed by atoms with Crippen molar-refractivity contribution in [2.45, 2.75) is 33.0 Å². The number of hydrogen-bond acceptors (Lipinski definition) is 6. The van der Waals surface area contributed by atoms with Gasteiger partial charge in [0.1, 0.15) is 0 Å². The van der Waals surface area contributed by atoms with E-state index in [1.165, 1.54) is 25.6 Å². The van der Waals surface area contributed by atoms with Crippen molar-refractivity contribution in [1.29, 1.82) is 0 Å². The van der Waals surface area contributed by atoms with Gasteiger partial charge in [-0.15, -0.1) is 11.8 Å². The van der Waals surface area contributed by atoms with Gasteiger partial charge in [0.05, 0.1) is 0 Å². The topological polar surface area (TPSA) is 69.7 Å². The molecular weight excluding hydrogens is 316 g/mol. The fourth-order valence-corrected chi connectivity index (χ4v) is 2.78. The Morgan fingerprint density at radius 1 is 1.09 bits per heavy atom. The Morgan fingerprint density at radius 3 is 2.09 bits per heavy atom. The van der Waals surface area contributed by atoms with Crippen molar-refractivity contribution < 1.29 is 23.9 Å². The molecule has 1 aliphatic rings. The highest BCUT2D eigenvalue weighted by atomic mass is 32.2. The lowest BCUT2D eigenvalue weighted by atomic mass is 10.0. The Labute approximate surface area is 139 Å². The first kappa shape index (κ1) is 17.3. The molecule has 5 nitrogen and oxygen atoms in total. The Kier molecular flexibility index (Phi) is 4.94. The van der Waals surface area contributed by atoms with Crippen LogP contribution in [0.15, 0.2) is 34.7 Å². The molecule has 6 heteroatoms. The highest BCUT2D eigenvalue weighted by Gasteiger charge is 2.40. The van der Waals surface area contributed by atoms with Gasteiger partial charge < -0.3 is 9.47 Å².